The first-order valence-corrected chi connectivity index (χ1v) is 10.7. The topological polar surface area (TPSA) is 81.8 Å². The Hall–Kier alpha value is -3.91. The van der Waals surface area contributed by atoms with Crippen LogP contribution in [0.5, 0.6) is 0 Å². The SMILES string of the molecule is O=S(=O)(Nc1cccc(-n2cnc3ccccc32)c1)c1cccc(-n2ccnc2)c1. The van der Waals surface area contributed by atoms with Gasteiger partial charge in [-0.25, -0.2) is 18.4 Å². The fourth-order valence-electron chi connectivity index (χ4n) is 3.32. The third-order valence-corrected chi connectivity index (χ3v) is 6.14. The van der Waals surface area contributed by atoms with Crippen LogP contribution in [0.2, 0.25) is 0 Å². The number of imidazole rings is 2. The van der Waals surface area contributed by atoms with Crippen molar-refractivity contribution < 1.29 is 8.42 Å². The number of hydrogen-bond donors (Lipinski definition) is 1. The molecule has 0 aliphatic carbocycles. The predicted molar refractivity (Wildman–Crippen MR) is 115 cm³/mol. The van der Waals surface area contributed by atoms with Gasteiger partial charge in [-0.1, -0.05) is 24.3 Å². The zero-order valence-electron chi connectivity index (χ0n) is 15.8. The van der Waals surface area contributed by atoms with Gasteiger partial charge in [-0.3, -0.25) is 9.29 Å². The summed E-state index contributed by atoms with van der Waals surface area (Å²) in [6.07, 6.45) is 6.76. The molecular weight excluding hydrogens is 398 g/mol. The molecule has 30 heavy (non-hydrogen) atoms. The standard InChI is InChI=1S/C22H17N5O2S/c28-30(29,20-8-4-6-18(14-20)26-12-11-23-15-26)25-17-5-3-7-19(13-17)27-16-24-21-9-1-2-10-22(21)27/h1-16,25H. The summed E-state index contributed by atoms with van der Waals surface area (Å²) in [7, 11) is -3.76. The Balaban J connectivity index is 1.47. The number of aromatic nitrogens is 4. The minimum absolute atomic E-state index is 0.173. The van der Waals surface area contributed by atoms with Crippen LogP contribution < -0.4 is 4.72 Å². The van der Waals surface area contributed by atoms with E-state index in [1.165, 1.54) is 0 Å². The van der Waals surface area contributed by atoms with Gasteiger partial charge in [0, 0.05) is 23.8 Å². The summed E-state index contributed by atoms with van der Waals surface area (Å²) in [5.41, 5.74) is 3.83. The number of para-hydroxylation sites is 2. The van der Waals surface area contributed by atoms with Crippen LogP contribution in [0, 0.1) is 0 Å². The number of anilines is 1. The van der Waals surface area contributed by atoms with Gasteiger partial charge in [-0.15, -0.1) is 0 Å². The van der Waals surface area contributed by atoms with Crippen LogP contribution in [0.1, 0.15) is 0 Å². The van der Waals surface area contributed by atoms with Crippen LogP contribution in [0.15, 0.2) is 103 Å². The Morgan fingerprint density at radius 1 is 0.833 bits per heavy atom. The Labute approximate surface area is 173 Å². The van der Waals surface area contributed by atoms with E-state index < -0.39 is 10.0 Å². The van der Waals surface area contributed by atoms with Gasteiger partial charge < -0.3 is 4.57 Å². The third kappa shape index (κ3) is 3.33. The van der Waals surface area contributed by atoms with Gasteiger partial charge in [0.2, 0.25) is 0 Å². The molecule has 0 spiro atoms. The lowest BCUT2D eigenvalue weighted by molar-refractivity contribution is 0.601. The summed E-state index contributed by atoms with van der Waals surface area (Å²) in [4.78, 5) is 8.58. The molecular formula is C22H17N5O2S. The second-order valence-corrected chi connectivity index (χ2v) is 8.41. The molecule has 5 aromatic rings. The average Bonchev–Trinajstić information content (AvgIpc) is 3.44. The van der Waals surface area contributed by atoms with Gasteiger partial charge in [0.05, 0.1) is 27.9 Å². The van der Waals surface area contributed by atoms with E-state index in [0.717, 1.165) is 16.7 Å². The van der Waals surface area contributed by atoms with E-state index in [2.05, 4.69) is 14.7 Å². The Bertz CT molecular complexity index is 1440. The lowest BCUT2D eigenvalue weighted by Gasteiger charge is -2.11. The molecule has 5 rings (SSSR count). The maximum absolute atomic E-state index is 13.0. The van der Waals surface area contributed by atoms with E-state index in [1.54, 1.807) is 59.9 Å². The molecule has 3 aromatic carbocycles. The zero-order valence-corrected chi connectivity index (χ0v) is 16.6. The van der Waals surface area contributed by atoms with E-state index in [-0.39, 0.29) is 4.90 Å². The number of sulfonamides is 1. The Kier molecular flexibility index (Phi) is 4.33. The molecule has 2 heterocycles. The first kappa shape index (κ1) is 18.1. The number of rotatable bonds is 5. The molecule has 7 nitrogen and oxygen atoms in total. The lowest BCUT2D eigenvalue weighted by Crippen LogP contribution is -2.13. The van der Waals surface area contributed by atoms with Gasteiger partial charge in [0.25, 0.3) is 10.0 Å². The molecule has 0 atom stereocenters. The number of nitrogens with zero attached hydrogens (tertiary/aromatic N) is 4. The summed E-state index contributed by atoms with van der Waals surface area (Å²) in [5, 5.41) is 0. The molecule has 0 bridgehead atoms. The van der Waals surface area contributed by atoms with Crippen LogP contribution in [0.3, 0.4) is 0 Å². The Morgan fingerprint density at radius 2 is 1.67 bits per heavy atom. The molecule has 0 aliphatic heterocycles. The van der Waals surface area contributed by atoms with Gasteiger partial charge in [-0.05, 0) is 48.5 Å². The van der Waals surface area contributed by atoms with Crippen molar-refractivity contribution in [2.75, 3.05) is 4.72 Å². The van der Waals surface area contributed by atoms with Crippen molar-refractivity contribution in [1.82, 2.24) is 19.1 Å². The predicted octanol–water partition coefficient (Wildman–Crippen LogP) is 4.01. The highest BCUT2D eigenvalue weighted by Crippen LogP contribution is 2.23. The van der Waals surface area contributed by atoms with E-state index in [4.69, 9.17) is 0 Å². The minimum Gasteiger partial charge on any atom is -0.306 e. The summed E-state index contributed by atoms with van der Waals surface area (Å²) in [6, 6.07) is 21.7. The highest BCUT2D eigenvalue weighted by Gasteiger charge is 2.16. The molecule has 1 N–H and O–H groups in total. The molecule has 148 valence electrons. The zero-order chi connectivity index (χ0) is 20.6. The summed E-state index contributed by atoms with van der Waals surface area (Å²) in [5.74, 6) is 0. The smallest absolute Gasteiger partial charge is 0.261 e. The van der Waals surface area contributed by atoms with E-state index in [1.807, 2.05) is 47.0 Å². The molecule has 0 saturated heterocycles. The summed E-state index contributed by atoms with van der Waals surface area (Å²) < 4.78 is 32.3. The maximum atomic E-state index is 13.0. The second kappa shape index (κ2) is 7.16. The van der Waals surface area contributed by atoms with Crippen molar-refractivity contribution in [3.63, 3.8) is 0 Å². The third-order valence-electron chi connectivity index (χ3n) is 4.76. The van der Waals surface area contributed by atoms with Crippen molar-refractivity contribution in [3.05, 3.63) is 97.8 Å². The highest BCUT2D eigenvalue weighted by atomic mass is 32.2. The summed E-state index contributed by atoms with van der Waals surface area (Å²) >= 11 is 0. The van der Waals surface area contributed by atoms with Crippen molar-refractivity contribution in [3.8, 4) is 11.4 Å². The van der Waals surface area contributed by atoms with Gasteiger partial charge in [0.1, 0.15) is 6.33 Å². The number of fused-ring (bicyclic) bond motifs is 1. The number of nitrogens with one attached hydrogen (secondary N) is 1. The number of hydrogen-bond acceptors (Lipinski definition) is 4. The van der Waals surface area contributed by atoms with Crippen LogP contribution in [-0.4, -0.2) is 27.5 Å². The van der Waals surface area contributed by atoms with Gasteiger partial charge in [0.15, 0.2) is 0 Å². The van der Waals surface area contributed by atoms with E-state index >= 15 is 0 Å². The molecule has 0 saturated carbocycles. The van der Waals surface area contributed by atoms with Crippen molar-refractivity contribution >= 4 is 26.7 Å². The molecule has 2 aromatic heterocycles. The van der Waals surface area contributed by atoms with Crippen molar-refractivity contribution in [2.45, 2.75) is 4.90 Å². The van der Waals surface area contributed by atoms with E-state index in [9.17, 15) is 8.42 Å². The van der Waals surface area contributed by atoms with Crippen molar-refractivity contribution in [2.24, 2.45) is 0 Å². The quantitative estimate of drug-likeness (QED) is 0.470. The first-order chi connectivity index (χ1) is 14.6. The van der Waals surface area contributed by atoms with Crippen LogP contribution in [0.25, 0.3) is 22.4 Å². The molecule has 0 amide bonds. The minimum atomic E-state index is -3.76. The molecule has 0 fully saturated rings. The first-order valence-electron chi connectivity index (χ1n) is 9.24. The molecule has 8 heteroatoms. The molecule has 0 radical (unpaired) electrons. The number of benzene rings is 3. The van der Waals surface area contributed by atoms with Crippen LogP contribution in [0.4, 0.5) is 5.69 Å². The normalized spacial score (nSPS) is 11.6. The molecule has 0 aliphatic rings. The highest BCUT2D eigenvalue weighted by molar-refractivity contribution is 7.92. The largest absolute Gasteiger partial charge is 0.306 e. The van der Waals surface area contributed by atoms with Crippen molar-refractivity contribution in [1.29, 1.82) is 0 Å². The van der Waals surface area contributed by atoms with Crippen LogP contribution in [-0.2, 0) is 10.0 Å². The van der Waals surface area contributed by atoms with E-state index in [0.29, 0.717) is 11.4 Å². The van der Waals surface area contributed by atoms with Gasteiger partial charge in [-0.2, -0.15) is 0 Å². The maximum Gasteiger partial charge on any atom is 0.261 e. The fraction of sp³-hybridized carbons (Fsp3) is 0. The lowest BCUT2D eigenvalue weighted by atomic mass is 10.2. The monoisotopic (exact) mass is 415 g/mol. The average molecular weight is 415 g/mol. The second-order valence-electron chi connectivity index (χ2n) is 6.73. The van der Waals surface area contributed by atoms with Gasteiger partial charge >= 0.3 is 0 Å². The fourth-order valence-corrected chi connectivity index (χ4v) is 4.41. The summed E-state index contributed by atoms with van der Waals surface area (Å²) in [6.45, 7) is 0. The Morgan fingerprint density at radius 3 is 2.53 bits per heavy atom. The molecule has 0 unspecified atom stereocenters. The van der Waals surface area contributed by atoms with Crippen LogP contribution >= 0.6 is 0 Å².